The maximum absolute atomic E-state index is 13.6. The van der Waals surface area contributed by atoms with Crippen LogP contribution in [-0.2, 0) is 9.59 Å². The van der Waals surface area contributed by atoms with Crippen molar-refractivity contribution in [2.24, 2.45) is 10.8 Å². The monoisotopic (exact) mass is 482 g/mol. The van der Waals surface area contributed by atoms with Crippen molar-refractivity contribution in [1.82, 2.24) is 4.90 Å². The first-order valence-electron chi connectivity index (χ1n) is 13.8. The number of amides is 2. The van der Waals surface area contributed by atoms with E-state index >= 15 is 0 Å². The summed E-state index contributed by atoms with van der Waals surface area (Å²) in [4.78, 5) is 31.3. The van der Waals surface area contributed by atoms with Crippen LogP contribution in [0.3, 0.4) is 0 Å². The van der Waals surface area contributed by atoms with Gasteiger partial charge in [0.15, 0.2) is 13.1 Å². The standard InChI is InChI=1S/C29H46N4O2/c1-23(2)31(24-9-7-6-8-10-24)27(35)20-33-14-11-32(12-15-33,13-16-33)19-26(34)30-22-29(5)18-25(30)17-28(3,4)21-29/h6-10,23,25H,11-22H2,1-5H3/q+2/t25-,29-,32?,33?/m1/s1. The zero-order valence-electron chi connectivity index (χ0n) is 22.6. The van der Waals surface area contributed by atoms with Crippen LogP contribution >= 0.6 is 0 Å². The highest BCUT2D eigenvalue weighted by Crippen LogP contribution is 2.52. The molecular formula is C29H46N4O2+2. The van der Waals surface area contributed by atoms with E-state index in [1.807, 2.05) is 35.2 Å². The molecule has 6 nitrogen and oxygen atoms in total. The van der Waals surface area contributed by atoms with Crippen LogP contribution in [0.1, 0.15) is 53.9 Å². The molecule has 0 radical (unpaired) electrons. The summed E-state index contributed by atoms with van der Waals surface area (Å²) >= 11 is 0. The number of rotatable bonds is 6. The van der Waals surface area contributed by atoms with Crippen LogP contribution in [0.25, 0.3) is 0 Å². The Hall–Kier alpha value is -1.92. The molecular weight excluding hydrogens is 436 g/mol. The minimum Gasteiger partial charge on any atom is -0.334 e. The van der Waals surface area contributed by atoms with Gasteiger partial charge in [0, 0.05) is 24.3 Å². The highest BCUT2D eigenvalue weighted by atomic mass is 16.2. The highest BCUT2D eigenvalue weighted by Gasteiger charge is 2.54. The fourth-order valence-electron chi connectivity index (χ4n) is 8.23. The molecule has 5 fully saturated rings. The predicted octanol–water partition coefficient (Wildman–Crippen LogP) is 3.52. The van der Waals surface area contributed by atoms with Crippen LogP contribution in [0.4, 0.5) is 5.69 Å². The molecule has 4 saturated heterocycles. The van der Waals surface area contributed by atoms with E-state index in [-0.39, 0.29) is 11.9 Å². The summed E-state index contributed by atoms with van der Waals surface area (Å²) < 4.78 is 1.82. The van der Waals surface area contributed by atoms with Crippen molar-refractivity contribution in [3.05, 3.63) is 30.3 Å². The van der Waals surface area contributed by atoms with Crippen LogP contribution in [0.2, 0.25) is 0 Å². The predicted molar refractivity (Wildman–Crippen MR) is 140 cm³/mol. The number of benzene rings is 1. The molecule has 2 amide bonds. The van der Waals surface area contributed by atoms with Gasteiger partial charge in [-0.25, -0.2) is 0 Å². The Morgan fingerprint density at radius 2 is 1.51 bits per heavy atom. The molecule has 0 aromatic heterocycles. The fraction of sp³-hybridized carbons (Fsp3) is 0.724. The molecule has 35 heavy (non-hydrogen) atoms. The van der Waals surface area contributed by atoms with Gasteiger partial charge < -0.3 is 18.8 Å². The topological polar surface area (TPSA) is 40.6 Å². The third-order valence-corrected chi connectivity index (χ3v) is 9.64. The van der Waals surface area contributed by atoms with E-state index < -0.39 is 0 Å². The second-order valence-corrected chi connectivity index (χ2v) is 13.8. The summed E-state index contributed by atoms with van der Waals surface area (Å²) in [7, 11) is 0. The third kappa shape index (κ3) is 4.76. The van der Waals surface area contributed by atoms with Gasteiger partial charge in [-0.15, -0.1) is 0 Å². The summed E-state index contributed by atoms with van der Waals surface area (Å²) in [6, 6.07) is 10.6. The van der Waals surface area contributed by atoms with Gasteiger partial charge in [-0.3, -0.25) is 9.59 Å². The second kappa shape index (κ2) is 8.58. The summed E-state index contributed by atoms with van der Waals surface area (Å²) in [5, 5.41) is 0. The van der Waals surface area contributed by atoms with Crippen LogP contribution < -0.4 is 4.90 Å². The molecule has 1 aliphatic carbocycles. The van der Waals surface area contributed by atoms with Gasteiger partial charge in [0.1, 0.15) is 39.3 Å². The Kier molecular flexibility index (Phi) is 6.07. The first-order valence-corrected chi connectivity index (χ1v) is 13.8. The molecule has 6 heteroatoms. The quantitative estimate of drug-likeness (QED) is 0.582. The zero-order valence-corrected chi connectivity index (χ0v) is 22.6. The minimum atomic E-state index is 0.136. The van der Waals surface area contributed by atoms with Crippen molar-refractivity contribution in [2.75, 3.05) is 63.8 Å². The molecule has 2 atom stereocenters. The number of para-hydroxylation sites is 1. The second-order valence-electron chi connectivity index (χ2n) is 13.8. The number of anilines is 1. The van der Waals surface area contributed by atoms with Crippen LogP contribution in [0.15, 0.2) is 30.3 Å². The number of quaternary nitrogens is 2. The molecule has 1 saturated carbocycles. The Bertz CT molecular complexity index is 950. The molecule has 6 rings (SSSR count). The van der Waals surface area contributed by atoms with Crippen LogP contribution in [0.5, 0.6) is 0 Å². The van der Waals surface area contributed by atoms with Crippen molar-refractivity contribution in [1.29, 1.82) is 0 Å². The summed E-state index contributed by atoms with van der Waals surface area (Å²) in [6.07, 6.45) is 3.55. The smallest absolute Gasteiger partial charge is 0.282 e. The van der Waals surface area contributed by atoms with Gasteiger partial charge in [0.25, 0.3) is 11.8 Å². The molecule has 4 aliphatic heterocycles. The number of carbonyl (C=O) groups excluding carboxylic acids is 2. The molecule has 4 heterocycles. The third-order valence-electron chi connectivity index (χ3n) is 9.64. The van der Waals surface area contributed by atoms with E-state index in [2.05, 4.69) is 39.5 Å². The van der Waals surface area contributed by atoms with Crippen molar-refractivity contribution < 1.29 is 18.6 Å². The van der Waals surface area contributed by atoms with Gasteiger partial charge in [0.2, 0.25) is 0 Å². The largest absolute Gasteiger partial charge is 0.334 e. The Morgan fingerprint density at radius 1 is 0.943 bits per heavy atom. The van der Waals surface area contributed by atoms with Gasteiger partial charge >= 0.3 is 0 Å². The fourth-order valence-corrected chi connectivity index (χ4v) is 8.23. The number of carbonyl (C=O) groups is 2. The normalized spacial score (nSPS) is 35.4. The van der Waals surface area contributed by atoms with Gasteiger partial charge in [0.05, 0.1) is 0 Å². The van der Waals surface area contributed by atoms with Crippen molar-refractivity contribution >= 4 is 17.5 Å². The molecule has 0 unspecified atom stereocenters. The van der Waals surface area contributed by atoms with E-state index in [9.17, 15) is 9.59 Å². The lowest BCUT2D eigenvalue weighted by Gasteiger charge is -2.55. The zero-order chi connectivity index (χ0) is 25.1. The molecule has 5 aliphatic rings. The molecule has 1 aromatic carbocycles. The van der Waals surface area contributed by atoms with E-state index in [1.54, 1.807) is 0 Å². The van der Waals surface area contributed by atoms with Crippen molar-refractivity contribution in [2.45, 2.75) is 66.0 Å². The first kappa shape index (κ1) is 24.8. The van der Waals surface area contributed by atoms with Gasteiger partial charge in [-0.05, 0) is 56.1 Å². The van der Waals surface area contributed by atoms with Crippen molar-refractivity contribution in [3.8, 4) is 0 Å². The van der Waals surface area contributed by atoms with Crippen molar-refractivity contribution in [3.63, 3.8) is 0 Å². The number of likely N-dealkylation sites (tertiary alicyclic amines) is 1. The lowest BCUT2D eigenvalue weighted by atomic mass is 9.65. The van der Waals surface area contributed by atoms with Crippen LogP contribution in [-0.4, -0.2) is 96.7 Å². The van der Waals surface area contributed by atoms with E-state index in [0.29, 0.717) is 35.9 Å². The van der Waals surface area contributed by atoms with Gasteiger partial charge in [-0.2, -0.15) is 0 Å². The van der Waals surface area contributed by atoms with Gasteiger partial charge in [-0.1, -0.05) is 39.0 Å². The molecule has 0 spiro atoms. The van der Waals surface area contributed by atoms with E-state index in [1.165, 1.54) is 12.8 Å². The Balaban J connectivity index is 1.21. The maximum Gasteiger partial charge on any atom is 0.282 e. The molecule has 1 aromatic rings. The first-order chi connectivity index (χ1) is 16.4. The average molecular weight is 483 g/mol. The molecule has 0 N–H and O–H groups in total. The lowest BCUT2D eigenvalue weighted by Crippen LogP contribution is -2.77. The number of piperazine rings is 3. The number of hydrogen-bond donors (Lipinski definition) is 0. The number of nitrogens with zero attached hydrogens (tertiary/aromatic N) is 4. The minimum absolute atomic E-state index is 0.136. The summed E-state index contributed by atoms with van der Waals surface area (Å²) in [6.45, 7) is 19.6. The maximum atomic E-state index is 13.6. The molecule has 192 valence electrons. The van der Waals surface area contributed by atoms with E-state index in [0.717, 1.165) is 66.9 Å². The van der Waals surface area contributed by atoms with E-state index in [4.69, 9.17) is 0 Å². The molecule has 4 bridgehead atoms. The highest BCUT2D eigenvalue weighted by molar-refractivity contribution is 5.94. The number of hydrogen-bond acceptors (Lipinski definition) is 2. The average Bonchev–Trinajstić information content (AvgIpc) is 3.04. The van der Waals surface area contributed by atoms with Crippen LogP contribution in [0, 0.1) is 10.8 Å². The summed E-state index contributed by atoms with van der Waals surface area (Å²) in [5.41, 5.74) is 1.62. The Labute approximate surface area is 212 Å². The summed E-state index contributed by atoms with van der Waals surface area (Å²) in [5.74, 6) is 0.605. The lowest BCUT2D eigenvalue weighted by molar-refractivity contribution is -1.07. The number of fused-ring (bicyclic) bond motifs is 5. The Morgan fingerprint density at radius 3 is 2.09 bits per heavy atom. The SMILES string of the molecule is CC(C)N(C(=O)C[N+]12CC[N+](CC(=O)N3C[C@]4(C)C[C@H]3CC(C)(C)C4)(CC1)CC2)c1ccccc1.